The third kappa shape index (κ3) is 4.02. The van der Waals surface area contributed by atoms with E-state index in [1.165, 1.54) is 6.92 Å². The van der Waals surface area contributed by atoms with Gasteiger partial charge < -0.3 is 9.84 Å². The van der Waals surface area contributed by atoms with E-state index in [0.29, 0.717) is 0 Å². The summed E-state index contributed by atoms with van der Waals surface area (Å²) >= 11 is 0. The molecule has 0 aliphatic heterocycles. The molecular formula is C11H9F2NO5. The topological polar surface area (TPSA) is 89.7 Å². The van der Waals surface area contributed by atoms with Crippen molar-refractivity contribution < 1.29 is 28.3 Å². The molecule has 0 saturated carbocycles. The molecule has 0 saturated heterocycles. The monoisotopic (exact) mass is 273 g/mol. The molecule has 0 aliphatic rings. The Morgan fingerprint density at radius 1 is 1.53 bits per heavy atom. The van der Waals surface area contributed by atoms with Crippen molar-refractivity contribution in [2.75, 3.05) is 0 Å². The Labute approximate surface area is 106 Å². The van der Waals surface area contributed by atoms with E-state index in [-0.39, 0.29) is 11.1 Å². The summed E-state index contributed by atoms with van der Waals surface area (Å²) in [4.78, 5) is 20.4. The van der Waals surface area contributed by atoms with Crippen molar-refractivity contribution in [1.82, 2.24) is 0 Å². The number of nitrogens with zero attached hydrogens (tertiary/aromatic N) is 1. The Kier molecular flexibility index (Phi) is 4.51. The lowest BCUT2D eigenvalue weighted by molar-refractivity contribution is -0.385. The number of hydrogen-bond donors (Lipinski definition) is 1. The number of carbonyl (C=O) groups is 1. The van der Waals surface area contributed by atoms with Crippen LogP contribution in [-0.2, 0) is 4.79 Å². The van der Waals surface area contributed by atoms with E-state index in [9.17, 15) is 23.7 Å². The average Bonchev–Trinajstić information content (AvgIpc) is 2.28. The molecule has 0 aromatic heterocycles. The van der Waals surface area contributed by atoms with Gasteiger partial charge in [-0.2, -0.15) is 8.78 Å². The van der Waals surface area contributed by atoms with Crippen LogP contribution < -0.4 is 4.74 Å². The summed E-state index contributed by atoms with van der Waals surface area (Å²) in [6.45, 7) is -1.75. The summed E-state index contributed by atoms with van der Waals surface area (Å²) in [6, 6.07) is 1.97. The summed E-state index contributed by atoms with van der Waals surface area (Å²) < 4.78 is 28.3. The van der Waals surface area contributed by atoms with Crippen LogP contribution in [0.1, 0.15) is 11.1 Å². The molecule has 1 rings (SSSR count). The maximum absolute atomic E-state index is 12.1. The number of carboxylic acids is 1. The Balaban J connectivity index is 3.31. The number of ether oxygens (including phenoxy) is 1. The molecule has 0 aliphatic carbocycles. The van der Waals surface area contributed by atoms with E-state index in [0.717, 1.165) is 24.3 Å². The van der Waals surface area contributed by atoms with Crippen molar-refractivity contribution in [1.29, 1.82) is 0 Å². The van der Waals surface area contributed by atoms with Gasteiger partial charge in [-0.3, -0.25) is 10.1 Å². The maximum Gasteiger partial charge on any atom is 0.387 e. The van der Waals surface area contributed by atoms with Crippen molar-refractivity contribution in [3.05, 3.63) is 39.4 Å². The van der Waals surface area contributed by atoms with Crippen LogP contribution in [0.25, 0.3) is 6.08 Å². The van der Waals surface area contributed by atoms with Gasteiger partial charge in [0.1, 0.15) is 5.75 Å². The van der Waals surface area contributed by atoms with Crippen molar-refractivity contribution in [2.24, 2.45) is 0 Å². The molecule has 1 aromatic rings. The zero-order chi connectivity index (χ0) is 14.6. The van der Waals surface area contributed by atoms with Crippen LogP contribution in [0, 0.1) is 17.0 Å². The molecule has 8 heteroatoms. The molecule has 0 amide bonds. The molecule has 0 radical (unpaired) electrons. The van der Waals surface area contributed by atoms with Gasteiger partial charge in [0.15, 0.2) is 0 Å². The molecule has 6 nitrogen and oxygen atoms in total. The highest BCUT2D eigenvalue weighted by molar-refractivity contribution is 5.86. The van der Waals surface area contributed by atoms with E-state index in [2.05, 4.69) is 4.74 Å². The van der Waals surface area contributed by atoms with Crippen LogP contribution in [0.5, 0.6) is 5.75 Å². The van der Waals surface area contributed by atoms with Gasteiger partial charge in [0.05, 0.1) is 11.0 Å². The van der Waals surface area contributed by atoms with Gasteiger partial charge in [-0.1, -0.05) is 0 Å². The smallest absolute Gasteiger partial charge is 0.387 e. The zero-order valence-corrected chi connectivity index (χ0v) is 9.67. The lowest BCUT2D eigenvalue weighted by atomic mass is 10.1. The SMILES string of the molecule is Cc1c(/C=C/C(=O)O)cc(OC(F)F)cc1[N+](=O)[O-]. The van der Waals surface area contributed by atoms with Gasteiger partial charge >= 0.3 is 12.6 Å². The first-order chi connectivity index (χ1) is 8.81. The quantitative estimate of drug-likeness (QED) is 0.506. The molecule has 0 fully saturated rings. The Morgan fingerprint density at radius 2 is 2.16 bits per heavy atom. The molecule has 0 atom stereocenters. The van der Waals surface area contributed by atoms with Crippen LogP contribution in [-0.4, -0.2) is 22.6 Å². The van der Waals surface area contributed by atoms with Crippen LogP contribution >= 0.6 is 0 Å². The van der Waals surface area contributed by atoms with Gasteiger partial charge in [-0.25, -0.2) is 4.79 Å². The average molecular weight is 273 g/mol. The number of alkyl halides is 2. The van der Waals surface area contributed by atoms with Crippen molar-refractivity contribution >= 4 is 17.7 Å². The van der Waals surface area contributed by atoms with Crippen LogP contribution in [0.15, 0.2) is 18.2 Å². The van der Waals surface area contributed by atoms with Gasteiger partial charge in [0.25, 0.3) is 5.69 Å². The highest BCUT2D eigenvalue weighted by Crippen LogP contribution is 2.29. The predicted molar refractivity (Wildman–Crippen MR) is 61.1 cm³/mol. The molecule has 0 unspecified atom stereocenters. The number of nitro groups is 1. The minimum atomic E-state index is -3.13. The first-order valence-corrected chi connectivity index (χ1v) is 4.96. The fourth-order valence-corrected chi connectivity index (χ4v) is 1.39. The van der Waals surface area contributed by atoms with Gasteiger partial charge in [-0.05, 0) is 24.6 Å². The number of hydrogen-bond acceptors (Lipinski definition) is 4. The highest BCUT2D eigenvalue weighted by atomic mass is 19.3. The second-order valence-corrected chi connectivity index (χ2v) is 3.46. The van der Waals surface area contributed by atoms with E-state index in [1.54, 1.807) is 0 Å². The second-order valence-electron chi connectivity index (χ2n) is 3.46. The normalized spacial score (nSPS) is 10.9. The minimum absolute atomic E-state index is 0.118. The first-order valence-electron chi connectivity index (χ1n) is 4.96. The van der Waals surface area contributed by atoms with Gasteiger partial charge in [-0.15, -0.1) is 0 Å². The van der Waals surface area contributed by atoms with Gasteiger partial charge in [0, 0.05) is 11.6 Å². The molecule has 102 valence electrons. The fourth-order valence-electron chi connectivity index (χ4n) is 1.39. The lowest BCUT2D eigenvalue weighted by Crippen LogP contribution is -2.04. The highest BCUT2D eigenvalue weighted by Gasteiger charge is 2.17. The molecule has 0 heterocycles. The summed E-state index contributed by atoms with van der Waals surface area (Å²) in [5.74, 6) is -1.67. The second kappa shape index (κ2) is 5.89. The first kappa shape index (κ1) is 14.6. The van der Waals surface area contributed by atoms with E-state index < -0.39 is 28.9 Å². The summed E-state index contributed by atoms with van der Waals surface area (Å²) in [6.07, 6.45) is 1.82. The molecule has 0 bridgehead atoms. The van der Waals surface area contributed by atoms with E-state index in [4.69, 9.17) is 5.11 Å². The Morgan fingerprint density at radius 3 is 2.63 bits per heavy atom. The van der Waals surface area contributed by atoms with E-state index in [1.807, 2.05) is 0 Å². The summed E-state index contributed by atoms with van der Waals surface area (Å²) in [5.41, 5.74) is -0.153. The lowest BCUT2D eigenvalue weighted by Gasteiger charge is -2.08. The standard InChI is InChI=1S/C11H9F2NO5/c1-6-7(2-3-10(15)16)4-8(19-11(12)13)5-9(6)14(17)18/h2-5,11H,1H3,(H,15,16)/b3-2+. The number of carboxylic acid groups (broad SMARTS) is 1. The molecule has 19 heavy (non-hydrogen) atoms. The van der Waals surface area contributed by atoms with E-state index >= 15 is 0 Å². The third-order valence-electron chi connectivity index (χ3n) is 2.22. The van der Waals surface area contributed by atoms with Crippen LogP contribution in [0.4, 0.5) is 14.5 Å². The number of rotatable bonds is 5. The number of benzene rings is 1. The van der Waals surface area contributed by atoms with Crippen molar-refractivity contribution in [3.8, 4) is 5.75 Å². The number of halogens is 2. The number of nitro benzene ring substituents is 1. The number of aliphatic carboxylic acids is 1. The van der Waals surface area contributed by atoms with Crippen LogP contribution in [0.2, 0.25) is 0 Å². The Bertz CT molecular complexity index is 542. The fraction of sp³-hybridized carbons (Fsp3) is 0.182. The third-order valence-corrected chi connectivity index (χ3v) is 2.22. The van der Waals surface area contributed by atoms with Crippen LogP contribution in [0.3, 0.4) is 0 Å². The summed E-state index contributed by atoms with van der Waals surface area (Å²) in [5, 5.41) is 19.3. The van der Waals surface area contributed by atoms with Crippen molar-refractivity contribution in [3.63, 3.8) is 0 Å². The predicted octanol–water partition coefficient (Wildman–Crippen LogP) is 2.60. The Hall–Kier alpha value is -2.51. The van der Waals surface area contributed by atoms with Crippen molar-refractivity contribution in [2.45, 2.75) is 13.5 Å². The van der Waals surface area contributed by atoms with Gasteiger partial charge in [0.2, 0.25) is 0 Å². The molecular weight excluding hydrogens is 264 g/mol. The maximum atomic E-state index is 12.1. The zero-order valence-electron chi connectivity index (χ0n) is 9.67. The molecule has 1 N–H and O–H groups in total. The summed E-state index contributed by atoms with van der Waals surface area (Å²) in [7, 11) is 0. The molecule has 1 aromatic carbocycles. The minimum Gasteiger partial charge on any atom is -0.478 e. The largest absolute Gasteiger partial charge is 0.478 e. The molecule has 0 spiro atoms.